The van der Waals surface area contributed by atoms with Gasteiger partial charge in [0.05, 0.1) is 6.54 Å². The van der Waals surface area contributed by atoms with Crippen LogP contribution in [0.3, 0.4) is 0 Å². The first-order chi connectivity index (χ1) is 8.13. The predicted molar refractivity (Wildman–Crippen MR) is 71.0 cm³/mol. The Bertz CT molecular complexity index is 227. The molecule has 0 saturated carbocycles. The van der Waals surface area contributed by atoms with E-state index in [9.17, 15) is 4.79 Å². The number of piperidine rings is 1. The molecule has 0 aromatic heterocycles. The molecule has 0 aromatic carbocycles. The van der Waals surface area contributed by atoms with E-state index in [0.717, 1.165) is 19.5 Å². The number of amides is 1. The average molecular weight is 241 g/mol. The van der Waals surface area contributed by atoms with Crippen LogP contribution < -0.4 is 10.6 Å². The fourth-order valence-electron chi connectivity index (χ4n) is 2.21. The molecule has 0 spiro atoms. The molecule has 0 aliphatic carbocycles. The van der Waals surface area contributed by atoms with Gasteiger partial charge in [0.1, 0.15) is 0 Å². The van der Waals surface area contributed by atoms with Crippen LogP contribution in [0, 0.1) is 0 Å². The van der Waals surface area contributed by atoms with Crippen molar-refractivity contribution in [1.82, 2.24) is 15.5 Å². The lowest BCUT2D eigenvalue weighted by Crippen LogP contribution is -2.43. The summed E-state index contributed by atoms with van der Waals surface area (Å²) in [6.45, 7) is 6.54. The van der Waals surface area contributed by atoms with E-state index in [2.05, 4.69) is 17.6 Å². The highest BCUT2D eigenvalue weighted by Crippen LogP contribution is 2.11. The third kappa shape index (κ3) is 5.50. The van der Waals surface area contributed by atoms with E-state index in [4.69, 9.17) is 0 Å². The standard InChI is InChI=1S/C13H27N3O/c1-4-16(3)13(17)10-15-11(2)9-12-7-5-6-8-14-12/h11-12,14-15H,4-10H2,1-3H3. The number of carbonyl (C=O) groups excluding carboxylic acids is 1. The number of hydrogen-bond acceptors (Lipinski definition) is 3. The summed E-state index contributed by atoms with van der Waals surface area (Å²) in [7, 11) is 1.84. The second kappa shape index (κ2) is 7.67. The molecule has 0 aromatic rings. The molecule has 4 nitrogen and oxygen atoms in total. The lowest BCUT2D eigenvalue weighted by Gasteiger charge is -2.27. The van der Waals surface area contributed by atoms with Crippen LogP contribution in [-0.2, 0) is 4.79 Å². The molecule has 1 heterocycles. The lowest BCUT2D eigenvalue weighted by molar-refractivity contribution is -0.128. The van der Waals surface area contributed by atoms with Crippen LogP contribution in [-0.4, -0.2) is 49.6 Å². The number of hydrogen-bond donors (Lipinski definition) is 2. The molecular formula is C13H27N3O. The molecular weight excluding hydrogens is 214 g/mol. The maximum absolute atomic E-state index is 11.6. The summed E-state index contributed by atoms with van der Waals surface area (Å²) in [6, 6.07) is 1.03. The van der Waals surface area contributed by atoms with Gasteiger partial charge < -0.3 is 15.5 Å². The maximum Gasteiger partial charge on any atom is 0.236 e. The first kappa shape index (κ1) is 14.5. The Morgan fingerprint density at radius 3 is 2.88 bits per heavy atom. The molecule has 2 N–H and O–H groups in total. The van der Waals surface area contributed by atoms with Gasteiger partial charge in [0.2, 0.25) is 5.91 Å². The van der Waals surface area contributed by atoms with E-state index < -0.39 is 0 Å². The monoisotopic (exact) mass is 241 g/mol. The number of nitrogens with one attached hydrogen (secondary N) is 2. The van der Waals surface area contributed by atoms with E-state index in [1.165, 1.54) is 19.3 Å². The van der Waals surface area contributed by atoms with Crippen LogP contribution in [0.2, 0.25) is 0 Å². The smallest absolute Gasteiger partial charge is 0.236 e. The molecule has 1 aliphatic rings. The molecule has 4 heteroatoms. The van der Waals surface area contributed by atoms with Gasteiger partial charge in [0.15, 0.2) is 0 Å². The van der Waals surface area contributed by atoms with Gasteiger partial charge in [0.25, 0.3) is 0 Å². The van der Waals surface area contributed by atoms with E-state index in [1.807, 2.05) is 14.0 Å². The Kier molecular flexibility index (Phi) is 6.52. The highest BCUT2D eigenvalue weighted by atomic mass is 16.2. The second-order valence-corrected chi connectivity index (χ2v) is 5.07. The quantitative estimate of drug-likeness (QED) is 0.728. The number of nitrogens with zero attached hydrogens (tertiary/aromatic N) is 1. The summed E-state index contributed by atoms with van der Waals surface area (Å²) in [5.41, 5.74) is 0. The minimum atomic E-state index is 0.177. The summed E-state index contributed by atoms with van der Waals surface area (Å²) >= 11 is 0. The molecule has 0 bridgehead atoms. The second-order valence-electron chi connectivity index (χ2n) is 5.07. The zero-order valence-corrected chi connectivity index (χ0v) is 11.5. The molecule has 2 unspecified atom stereocenters. The van der Waals surface area contributed by atoms with Crippen LogP contribution in [0.5, 0.6) is 0 Å². The van der Waals surface area contributed by atoms with Gasteiger partial charge >= 0.3 is 0 Å². The van der Waals surface area contributed by atoms with Gasteiger partial charge in [0, 0.05) is 25.7 Å². The van der Waals surface area contributed by atoms with Crippen molar-refractivity contribution in [1.29, 1.82) is 0 Å². The minimum Gasteiger partial charge on any atom is -0.345 e. The maximum atomic E-state index is 11.6. The van der Waals surface area contributed by atoms with Crippen molar-refractivity contribution in [2.24, 2.45) is 0 Å². The summed E-state index contributed by atoms with van der Waals surface area (Å²) in [4.78, 5) is 13.4. The van der Waals surface area contributed by atoms with Gasteiger partial charge in [-0.05, 0) is 39.7 Å². The van der Waals surface area contributed by atoms with Crippen molar-refractivity contribution in [3.05, 3.63) is 0 Å². The molecule has 1 rings (SSSR count). The minimum absolute atomic E-state index is 0.177. The molecule has 100 valence electrons. The van der Waals surface area contributed by atoms with Crippen molar-refractivity contribution in [2.75, 3.05) is 26.7 Å². The van der Waals surface area contributed by atoms with Crippen molar-refractivity contribution >= 4 is 5.91 Å². The molecule has 1 fully saturated rings. The van der Waals surface area contributed by atoms with E-state index in [1.54, 1.807) is 4.90 Å². The molecule has 0 radical (unpaired) electrons. The van der Waals surface area contributed by atoms with Crippen LogP contribution in [0.4, 0.5) is 0 Å². The first-order valence-electron chi connectivity index (χ1n) is 6.84. The highest BCUT2D eigenvalue weighted by molar-refractivity contribution is 5.77. The summed E-state index contributed by atoms with van der Waals surface area (Å²) in [6.07, 6.45) is 5.03. The van der Waals surface area contributed by atoms with E-state index in [-0.39, 0.29) is 5.91 Å². The van der Waals surface area contributed by atoms with Crippen LogP contribution >= 0.6 is 0 Å². The topological polar surface area (TPSA) is 44.4 Å². The SMILES string of the molecule is CCN(C)C(=O)CNC(C)CC1CCCCN1. The van der Waals surface area contributed by atoms with Gasteiger partial charge in [-0.25, -0.2) is 0 Å². The van der Waals surface area contributed by atoms with Crippen molar-refractivity contribution < 1.29 is 4.79 Å². The number of rotatable bonds is 6. The fraction of sp³-hybridized carbons (Fsp3) is 0.923. The first-order valence-corrected chi connectivity index (χ1v) is 6.84. The molecule has 1 amide bonds. The normalized spacial score (nSPS) is 22.2. The Labute approximate surface area is 105 Å². The van der Waals surface area contributed by atoms with E-state index in [0.29, 0.717) is 18.6 Å². The Morgan fingerprint density at radius 1 is 1.53 bits per heavy atom. The largest absolute Gasteiger partial charge is 0.345 e. The van der Waals surface area contributed by atoms with Gasteiger partial charge in [-0.1, -0.05) is 6.42 Å². The Morgan fingerprint density at radius 2 is 2.29 bits per heavy atom. The third-order valence-corrected chi connectivity index (χ3v) is 3.55. The third-order valence-electron chi connectivity index (χ3n) is 3.55. The van der Waals surface area contributed by atoms with Crippen LogP contribution in [0.1, 0.15) is 39.5 Å². The summed E-state index contributed by atoms with van der Waals surface area (Å²) < 4.78 is 0. The Balaban J connectivity index is 2.15. The van der Waals surface area contributed by atoms with E-state index >= 15 is 0 Å². The van der Waals surface area contributed by atoms with Gasteiger partial charge in [-0.15, -0.1) is 0 Å². The fourth-order valence-corrected chi connectivity index (χ4v) is 2.21. The molecule has 2 atom stereocenters. The summed E-state index contributed by atoms with van der Waals surface area (Å²) in [5, 5.41) is 6.85. The molecule has 17 heavy (non-hydrogen) atoms. The molecule has 1 saturated heterocycles. The highest BCUT2D eigenvalue weighted by Gasteiger charge is 2.16. The Hall–Kier alpha value is -0.610. The van der Waals surface area contributed by atoms with Crippen molar-refractivity contribution in [3.63, 3.8) is 0 Å². The van der Waals surface area contributed by atoms with Crippen LogP contribution in [0.15, 0.2) is 0 Å². The van der Waals surface area contributed by atoms with Gasteiger partial charge in [-0.3, -0.25) is 4.79 Å². The number of carbonyl (C=O) groups is 1. The molecule has 1 aliphatic heterocycles. The average Bonchev–Trinajstić information content (AvgIpc) is 2.36. The predicted octanol–water partition coefficient (Wildman–Crippen LogP) is 0.975. The van der Waals surface area contributed by atoms with Gasteiger partial charge in [-0.2, -0.15) is 0 Å². The zero-order valence-electron chi connectivity index (χ0n) is 11.5. The van der Waals surface area contributed by atoms with Crippen molar-refractivity contribution in [2.45, 2.75) is 51.6 Å². The lowest BCUT2D eigenvalue weighted by atomic mass is 9.99. The van der Waals surface area contributed by atoms with Crippen molar-refractivity contribution in [3.8, 4) is 0 Å². The zero-order chi connectivity index (χ0) is 12.7. The summed E-state index contributed by atoms with van der Waals surface area (Å²) in [5.74, 6) is 0.177. The van der Waals surface area contributed by atoms with Crippen LogP contribution in [0.25, 0.3) is 0 Å². The number of likely N-dealkylation sites (N-methyl/N-ethyl adjacent to an activating group) is 1.